The van der Waals surface area contributed by atoms with Gasteiger partial charge in [0, 0.05) is 11.3 Å². The number of fused-ring (bicyclic) bond motifs is 1. The Balaban J connectivity index is 1.62. The summed E-state index contributed by atoms with van der Waals surface area (Å²) in [6.45, 7) is 3.74. The molecule has 1 aromatic heterocycles. The van der Waals surface area contributed by atoms with Crippen LogP contribution in [0.5, 0.6) is 0 Å². The Morgan fingerprint density at radius 3 is 2.50 bits per heavy atom. The van der Waals surface area contributed by atoms with Gasteiger partial charge in [-0.25, -0.2) is 0 Å². The predicted octanol–water partition coefficient (Wildman–Crippen LogP) is 1.94. The third kappa shape index (κ3) is 3.24. The fourth-order valence-electron chi connectivity index (χ4n) is 2.44. The molecule has 122 valence electrons. The van der Waals surface area contributed by atoms with Gasteiger partial charge in [0.05, 0.1) is 6.54 Å². The molecule has 0 aliphatic carbocycles. The third-order valence-corrected chi connectivity index (χ3v) is 3.73. The van der Waals surface area contributed by atoms with Crippen molar-refractivity contribution >= 4 is 28.5 Å². The van der Waals surface area contributed by atoms with Gasteiger partial charge in [-0.15, -0.1) is 0 Å². The van der Waals surface area contributed by atoms with E-state index < -0.39 is 0 Å². The average molecular weight is 323 g/mol. The van der Waals surface area contributed by atoms with Crippen LogP contribution in [0.4, 0.5) is 5.69 Å². The van der Waals surface area contributed by atoms with Crippen LogP contribution in [0.3, 0.4) is 0 Å². The molecule has 3 N–H and O–H groups in total. The van der Waals surface area contributed by atoms with E-state index in [9.17, 15) is 9.59 Å². The van der Waals surface area contributed by atoms with Crippen molar-refractivity contribution in [2.75, 3.05) is 11.9 Å². The molecule has 2 aromatic carbocycles. The number of hydrogen-bond donors (Lipinski definition) is 3. The molecule has 0 spiro atoms. The number of hydrogen-bond acceptors (Lipinski definition) is 4. The molecule has 0 fully saturated rings. The molecule has 0 aliphatic rings. The number of aryl methyl sites for hydroxylation is 2. The lowest BCUT2D eigenvalue weighted by molar-refractivity contribution is -0.115. The van der Waals surface area contributed by atoms with Gasteiger partial charge >= 0.3 is 0 Å². The van der Waals surface area contributed by atoms with Crippen molar-refractivity contribution in [3.05, 3.63) is 53.1 Å². The molecule has 7 nitrogen and oxygen atoms in total. The van der Waals surface area contributed by atoms with Crippen molar-refractivity contribution in [1.29, 1.82) is 0 Å². The summed E-state index contributed by atoms with van der Waals surface area (Å²) in [6, 6.07) is 10.7. The average Bonchev–Trinajstić information content (AvgIpc) is 3.03. The highest BCUT2D eigenvalue weighted by Crippen LogP contribution is 2.19. The molecule has 3 rings (SSSR count). The van der Waals surface area contributed by atoms with E-state index in [4.69, 9.17) is 0 Å². The topological polar surface area (TPSA) is 99.8 Å². The summed E-state index contributed by atoms with van der Waals surface area (Å²) in [4.78, 5) is 24.2. The fourth-order valence-corrected chi connectivity index (χ4v) is 2.44. The molecule has 0 atom stereocenters. The van der Waals surface area contributed by atoms with Crippen molar-refractivity contribution in [1.82, 2.24) is 20.7 Å². The van der Waals surface area contributed by atoms with Crippen LogP contribution in [0.15, 0.2) is 36.4 Å². The summed E-state index contributed by atoms with van der Waals surface area (Å²) in [5.41, 5.74) is 4.44. The maximum atomic E-state index is 12.2. The second-order valence-electron chi connectivity index (χ2n) is 5.52. The zero-order valence-electron chi connectivity index (χ0n) is 13.4. The molecule has 0 unspecified atom stereocenters. The number of nitrogens with zero attached hydrogens (tertiary/aromatic N) is 2. The van der Waals surface area contributed by atoms with Gasteiger partial charge in [0.1, 0.15) is 11.0 Å². The number of aromatic nitrogens is 3. The van der Waals surface area contributed by atoms with Crippen LogP contribution in [0, 0.1) is 13.8 Å². The highest BCUT2D eigenvalue weighted by Gasteiger charge is 2.11. The first-order valence-corrected chi connectivity index (χ1v) is 7.49. The standard InChI is InChI=1S/C17H17N5O2/c1-10-4-3-5-11(2)16(10)19-15(23)9-18-17(24)12-6-7-13-14(8-12)21-22-20-13/h3-8H,9H2,1-2H3,(H,18,24)(H,19,23)(H,20,21,22). The van der Waals surface area contributed by atoms with Gasteiger partial charge in [0.15, 0.2) is 0 Å². The number of amides is 2. The normalized spacial score (nSPS) is 10.6. The van der Waals surface area contributed by atoms with Gasteiger partial charge in [0.25, 0.3) is 5.91 Å². The zero-order valence-corrected chi connectivity index (χ0v) is 13.4. The highest BCUT2D eigenvalue weighted by atomic mass is 16.2. The number of aromatic amines is 1. The number of nitrogens with one attached hydrogen (secondary N) is 3. The Kier molecular flexibility index (Phi) is 4.24. The molecule has 0 saturated heterocycles. The second-order valence-corrected chi connectivity index (χ2v) is 5.52. The van der Waals surface area contributed by atoms with E-state index in [2.05, 4.69) is 26.0 Å². The van der Waals surface area contributed by atoms with Crippen LogP contribution in [-0.4, -0.2) is 33.8 Å². The molecule has 7 heteroatoms. The molecular formula is C17H17N5O2. The van der Waals surface area contributed by atoms with Crippen molar-refractivity contribution < 1.29 is 9.59 Å². The Morgan fingerprint density at radius 2 is 1.75 bits per heavy atom. The molecule has 2 amide bonds. The number of benzene rings is 2. The van der Waals surface area contributed by atoms with Crippen LogP contribution in [0.25, 0.3) is 11.0 Å². The molecule has 0 aliphatic heterocycles. The maximum Gasteiger partial charge on any atom is 0.251 e. The number of carbonyl (C=O) groups is 2. The van der Waals surface area contributed by atoms with Crippen molar-refractivity contribution in [3.8, 4) is 0 Å². The predicted molar refractivity (Wildman–Crippen MR) is 90.8 cm³/mol. The Hall–Kier alpha value is -3.22. The van der Waals surface area contributed by atoms with Gasteiger partial charge in [-0.2, -0.15) is 15.4 Å². The summed E-state index contributed by atoms with van der Waals surface area (Å²) in [5.74, 6) is -0.611. The first-order valence-electron chi connectivity index (χ1n) is 7.49. The summed E-state index contributed by atoms with van der Waals surface area (Å²) >= 11 is 0. The number of carbonyl (C=O) groups excluding carboxylic acids is 2. The van der Waals surface area contributed by atoms with Gasteiger partial charge in [0.2, 0.25) is 5.91 Å². The minimum Gasteiger partial charge on any atom is -0.343 e. The highest BCUT2D eigenvalue weighted by molar-refractivity contribution is 6.01. The summed E-state index contributed by atoms with van der Waals surface area (Å²) in [6.07, 6.45) is 0. The molecule has 24 heavy (non-hydrogen) atoms. The van der Waals surface area contributed by atoms with E-state index in [1.165, 1.54) is 0 Å². The summed E-state index contributed by atoms with van der Waals surface area (Å²) in [7, 11) is 0. The number of anilines is 1. The monoisotopic (exact) mass is 323 g/mol. The van der Waals surface area contributed by atoms with E-state index in [1.54, 1.807) is 18.2 Å². The van der Waals surface area contributed by atoms with Crippen LogP contribution in [0.1, 0.15) is 21.5 Å². The first kappa shape index (κ1) is 15.7. The molecule has 0 saturated carbocycles. The van der Waals surface area contributed by atoms with E-state index in [-0.39, 0.29) is 18.4 Å². The Labute approximate surface area is 138 Å². The second kappa shape index (κ2) is 6.49. The van der Waals surface area contributed by atoms with Gasteiger partial charge in [-0.1, -0.05) is 18.2 Å². The van der Waals surface area contributed by atoms with Gasteiger partial charge < -0.3 is 10.6 Å². The molecule has 0 radical (unpaired) electrons. The van der Waals surface area contributed by atoms with Crippen LogP contribution >= 0.6 is 0 Å². The number of rotatable bonds is 4. The van der Waals surface area contributed by atoms with Crippen LogP contribution in [-0.2, 0) is 4.79 Å². The van der Waals surface area contributed by atoms with Crippen molar-refractivity contribution in [3.63, 3.8) is 0 Å². The van der Waals surface area contributed by atoms with Gasteiger partial charge in [-0.05, 0) is 43.2 Å². The Morgan fingerprint density at radius 1 is 1.04 bits per heavy atom. The fraction of sp³-hybridized carbons (Fsp3) is 0.176. The Bertz CT molecular complexity index is 896. The summed E-state index contributed by atoms with van der Waals surface area (Å²) in [5, 5.41) is 15.8. The van der Waals surface area contributed by atoms with E-state index in [0.717, 1.165) is 16.8 Å². The molecule has 3 aromatic rings. The van der Waals surface area contributed by atoms with Crippen molar-refractivity contribution in [2.24, 2.45) is 0 Å². The molecule has 1 heterocycles. The lowest BCUT2D eigenvalue weighted by atomic mass is 10.1. The quantitative estimate of drug-likeness (QED) is 0.683. The van der Waals surface area contributed by atoms with E-state index in [0.29, 0.717) is 16.6 Å². The third-order valence-electron chi connectivity index (χ3n) is 3.73. The van der Waals surface area contributed by atoms with Crippen molar-refractivity contribution in [2.45, 2.75) is 13.8 Å². The molecular weight excluding hydrogens is 306 g/mol. The van der Waals surface area contributed by atoms with Crippen LogP contribution in [0.2, 0.25) is 0 Å². The van der Waals surface area contributed by atoms with Crippen LogP contribution < -0.4 is 10.6 Å². The maximum absolute atomic E-state index is 12.2. The minimum absolute atomic E-state index is 0.108. The summed E-state index contributed by atoms with van der Waals surface area (Å²) < 4.78 is 0. The lowest BCUT2D eigenvalue weighted by Gasteiger charge is -2.12. The number of para-hydroxylation sites is 1. The minimum atomic E-state index is -0.337. The van der Waals surface area contributed by atoms with E-state index in [1.807, 2.05) is 32.0 Å². The smallest absolute Gasteiger partial charge is 0.251 e. The molecule has 0 bridgehead atoms. The lowest BCUT2D eigenvalue weighted by Crippen LogP contribution is -2.33. The number of H-pyrrole nitrogens is 1. The largest absolute Gasteiger partial charge is 0.343 e. The van der Waals surface area contributed by atoms with E-state index >= 15 is 0 Å². The first-order chi connectivity index (χ1) is 11.5. The zero-order chi connectivity index (χ0) is 17.1. The van der Waals surface area contributed by atoms with Gasteiger partial charge in [-0.3, -0.25) is 9.59 Å². The SMILES string of the molecule is Cc1cccc(C)c1NC(=O)CNC(=O)c1ccc2n[nH]nc2c1.